The van der Waals surface area contributed by atoms with E-state index in [2.05, 4.69) is 10.6 Å². The highest BCUT2D eigenvalue weighted by Gasteiger charge is 2.22. The third kappa shape index (κ3) is 7.31. The molecule has 3 aromatic rings. The molecular weight excluding hydrogens is 488 g/mol. The van der Waals surface area contributed by atoms with Gasteiger partial charge in [-0.3, -0.25) is 10.1 Å². The second kappa shape index (κ2) is 12.4. The molecule has 0 aliphatic rings. The van der Waals surface area contributed by atoms with Crippen molar-refractivity contribution < 1.29 is 33.8 Å². The fourth-order valence-electron chi connectivity index (χ4n) is 3.17. The average molecular weight is 511 g/mol. The first-order valence-electron chi connectivity index (χ1n) is 10.9. The van der Waals surface area contributed by atoms with Gasteiger partial charge in [-0.15, -0.1) is 0 Å². The lowest BCUT2D eigenvalue weighted by molar-refractivity contribution is -0.139. The largest absolute Gasteiger partial charge is 0.480 e. The Balaban J connectivity index is 1.56. The smallest absolute Gasteiger partial charge is 0.417 e. The van der Waals surface area contributed by atoms with Crippen molar-refractivity contribution in [1.82, 2.24) is 5.32 Å². The lowest BCUT2D eigenvalue weighted by atomic mass is 10.1. The van der Waals surface area contributed by atoms with Crippen LogP contribution >= 0.6 is 11.6 Å². The molecule has 0 radical (unpaired) electrons. The molecule has 2 amide bonds. The minimum atomic E-state index is -1.20. The van der Waals surface area contributed by atoms with Gasteiger partial charge in [0.1, 0.15) is 11.8 Å². The van der Waals surface area contributed by atoms with Crippen LogP contribution in [0.25, 0.3) is 0 Å². The third-order valence-corrected chi connectivity index (χ3v) is 5.27. The summed E-state index contributed by atoms with van der Waals surface area (Å²) in [5.74, 6) is -2.03. The maximum atomic E-state index is 12.4. The Hall–Kier alpha value is -4.37. The number of carbonyl (C=O) groups is 4. The predicted octanol–water partition coefficient (Wildman–Crippen LogP) is 4.55. The van der Waals surface area contributed by atoms with E-state index < -0.39 is 30.0 Å². The molecule has 10 heteroatoms. The number of carboxylic acids is 1. The lowest BCUT2D eigenvalue weighted by Crippen LogP contribution is -2.42. The van der Waals surface area contributed by atoms with Crippen molar-refractivity contribution in [2.75, 3.05) is 11.9 Å². The number of ether oxygens (including phenoxy) is 2. The van der Waals surface area contributed by atoms with Crippen molar-refractivity contribution in [3.8, 4) is 5.75 Å². The van der Waals surface area contributed by atoms with Gasteiger partial charge in [-0.1, -0.05) is 35.9 Å². The van der Waals surface area contributed by atoms with Crippen LogP contribution < -0.4 is 15.4 Å². The van der Waals surface area contributed by atoms with Crippen LogP contribution in [-0.2, 0) is 16.0 Å². The van der Waals surface area contributed by atoms with Crippen molar-refractivity contribution in [3.63, 3.8) is 0 Å². The number of halogens is 1. The molecule has 0 aromatic heterocycles. The molecule has 3 aromatic carbocycles. The van der Waals surface area contributed by atoms with E-state index in [9.17, 15) is 24.3 Å². The molecule has 0 fully saturated rings. The van der Waals surface area contributed by atoms with Gasteiger partial charge in [-0.25, -0.2) is 14.4 Å². The van der Waals surface area contributed by atoms with E-state index in [4.69, 9.17) is 21.1 Å². The third-order valence-electron chi connectivity index (χ3n) is 4.94. The number of aliphatic carboxylic acids is 1. The highest BCUT2D eigenvalue weighted by molar-refractivity contribution is 6.33. The molecule has 186 valence electrons. The predicted molar refractivity (Wildman–Crippen MR) is 133 cm³/mol. The number of hydrogen-bond acceptors (Lipinski definition) is 6. The molecule has 1 atom stereocenters. The first-order valence-corrected chi connectivity index (χ1v) is 11.3. The van der Waals surface area contributed by atoms with Gasteiger partial charge in [-0.05, 0) is 61.0 Å². The van der Waals surface area contributed by atoms with E-state index in [1.165, 1.54) is 30.3 Å². The number of benzene rings is 3. The SMILES string of the molecule is CCOC(=O)c1ccc(NC(=O)Oc2ccc(CC(NC(=O)c3ccccc3Cl)C(=O)O)cc2)cc1. The molecule has 0 saturated carbocycles. The minimum Gasteiger partial charge on any atom is -0.480 e. The fourth-order valence-corrected chi connectivity index (χ4v) is 3.39. The highest BCUT2D eigenvalue weighted by Crippen LogP contribution is 2.18. The number of hydrogen-bond donors (Lipinski definition) is 3. The van der Waals surface area contributed by atoms with Crippen molar-refractivity contribution in [2.45, 2.75) is 19.4 Å². The van der Waals surface area contributed by atoms with Gasteiger partial charge in [0.2, 0.25) is 0 Å². The number of carbonyl (C=O) groups excluding carboxylic acids is 3. The van der Waals surface area contributed by atoms with Crippen molar-refractivity contribution in [2.24, 2.45) is 0 Å². The number of esters is 1. The minimum absolute atomic E-state index is 0.00478. The molecule has 3 rings (SSSR count). The van der Waals surface area contributed by atoms with Gasteiger partial charge in [-0.2, -0.15) is 0 Å². The molecule has 9 nitrogen and oxygen atoms in total. The van der Waals surface area contributed by atoms with E-state index in [0.29, 0.717) is 16.8 Å². The second-order valence-electron chi connectivity index (χ2n) is 7.50. The average Bonchev–Trinajstić information content (AvgIpc) is 2.85. The summed E-state index contributed by atoms with van der Waals surface area (Å²) in [6.07, 6.45) is -0.743. The molecule has 0 bridgehead atoms. The Kier molecular flexibility index (Phi) is 9.01. The molecule has 3 N–H and O–H groups in total. The quantitative estimate of drug-likeness (QED) is 0.360. The van der Waals surface area contributed by atoms with E-state index in [1.54, 1.807) is 49.4 Å². The van der Waals surface area contributed by atoms with Gasteiger partial charge in [0.15, 0.2) is 0 Å². The zero-order chi connectivity index (χ0) is 26.1. The number of anilines is 1. The van der Waals surface area contributed by atoms with Gasteiger partial charge in [0.05, 0.1) is 22.8 Å². The number of amides is 2. The normalized spacial score (nSPS) is 11.2. The highest BCUT2D eigenvalue weighted by atomic mass is 35.5. The van der Waals surface area contributed by atoms with Gasteiger partial charge >= 0.3 is 18.0 Å². The molecule has 36 heavy (non-hydrogen) atoms. The van der Waals surface area contributed by atoms with Crippen LogP contribution in [0, 0.1) is 0 Å². The fraction of sp³-hybridized carbons (Fsp3) is 0.154. The Bertz CT molecular complexity index is 1240. The zero-order valence-corrected chi connectivity index (χ0v) is 20.0. The summed E-state index contributed by atoms with van der Waals surface area (Å²) >= 11 is 6.01. The summed E-state index contributed by atoms with van der Waals surface area (Å²) in [7, 11) is 0. The first-order chi connectivity index (χ1) is 17.3. The Labute approximate surface area is 212 Å². The summed E-state index contributed by atoms with van der Waals surface area (Å²) < 4.78 is 10.1. The van der Waals surface area contributed by atoms with Crippen molar-refractivity contribution in [3.05, 3.63) is 94.5 Å². The second-order valence-corrected chi connectivity index (χ2v) is 7.91. The van der Waals surface area contributed by atoms with Crippen molar-refractivity contribution >= 4 is 41.2 Å². The van der Waals surface area contributed by atoms with E-state index >= 15 is 0 Å². The summed E-state index contributed by atoms with van der Waals surface area (Å²) in [6.45, 7) is 1.97. The number of rotatable bonds is 9. The van der Waals surface area contributed by atoms with Gasteiger partial charge < -0.3 is 19.9 Å². The van der Waals surface area contributed by atoms with Crippen LogP contribution in [-0.4, -0.2) is 41.7 Å². The van der Waals surface area contributed by atoms with Crippen LogP contribution in [0.15, 0.2) is 72.8 Å². The van der Waals surface area contributed by atoms with Crippen LogP contribution in [0.2, 0.25) is 5.02 Å². The topological polar surface area (TPSA) is 131 Å². The molecular formula is C26H23ClN2O7. The molecule has 0 aliphatic heterocycles. The molecule has 1 unspecified atom stereocenters. The summed E-state index contributed by atoms with van der Waals surface area (Å²) in [5, 5.41) is 14.8. The summed E-state index contributed by atoms with van der Waals surface area (Å²) in [5.41, 5.74) is 1.55. The Morgan fingerprint density at radius 3 is 2.22 bits per heavy atom. The van der Waals surface area contributed by atoms with Crippen LogP contribution in [0.4, 0.5) is 10.5 Å². The van der Waals surface area contributed by atoms with Gasteiger partial charge in [0, 0.05) is 12.1 Å². The van der Waals surface area contributed by atoms with Crippen molar-refractivity contribution in [1.29, 1.82) is 0 Å². The maximum absolute atomic E-state index is 12.4. The monoisotopic (exact) mass is 510 g/mol. The van der Waals surface area contributed by atoms with Crippen LogP contribution in [0.3, 0.4) is 0 Å². The summed E-state index contributed by atoms with van der Waals surface area (Å²) in [6, 6.07) is 17.5. The standard InChI is InChI=1S/C26H23ClN2O7/c1-2-35-25(33)17-9-11-18(12-10-17)28-26(34)36-19-13-7-16(8-14-19)15-22(24(31)32)29-23(30)20-5-3-4-6-21(20)27/h3-14,22H,2,15H2,1H3,(H,28,34)(H,29,30)(H,31,32). The van der Waals surface area contributed by atoms with Crippen LogP contribution in [0.5, 0.6) is 5.75 Å². The maximum Gasteiger partial charge on any atom is 0.417 e. The number of carboxylic acid groups (broad SMARTS) is 1. The first kappa shape index (κ1) is 26.2. The zero-order valence-electron chi connectivity index (χ0n) is 19.2. The van der Waals surface area contributed by atoms with E-state index in [0.717, 1.165) is 0 Å². The van der Waals surface area contributed by atoms with E-state index in [-0.39, 0.29) is 29.4 Å². The Morgan fingerprint density at radius 2 is 1.61 bits per heavy atom. The Morgan fingerprint density at radius 1 is 0.944 bits per heavy atom. The van der Waals surface area contributed by atoms with Gasteiger partial charge in [0.25, 0.3) is 5.91 Å². The molecule has 0 saturated heterocycles. The lowest BCUT2D eigenvalue weighted by Gasteiger charge is -2.15. The van der Waals surface area contributed by atoms with E-state index in [1.807, 2.05) is 0 Å². The van der Waals surface area contributed by atoms with Crippen LogP contribution in [0.1, 0.15) is 33.2 Å². The number of nitrogens with one attached hydrogen (secondary N) is 2. The molecule has 0 spiro atoms. The summed E-state index contributed by atoms with van der Waals surface area (Å²) in [4.78, 5) is 48.0. The molecule has 0 heterocycles. The molecule has 0 aliphatic carbocycles.